The SMILES string of the molecule is Cc1ccc2c(c1)C1C=CC3(CCCCC3)c3c(C)ccc-2c31. The molecule has 1 saturated carbocycles. The Labute approximate surface area is 139 Å². The van der Waals surface area contributed by atoms with E-state index >= 15 is 0 Å². The first-order valence-corrected chi connectivity index (χ1v) is 9.14. The van der Waals surface area contributed by atoms with Crippen molar-refractivity contribution >= 4 is 0 Å². The van der Waals surface area contributed by atoms with Crippen LogP contribution in [0.1, 0.15) is 65.8 Å². The van der Waals surface area contributed by atoms with Gasteiger partial charge in [0.2, 0.25) is 0 Å². The Morgan fingerprint density at radius 1 is 0.913 bits per heavy atom. The predicted octanol–water partition coefficient (Wildman–Crippen LogP) is 6.19. The molecule has 1 spiro atoms. The van der Waals surface area contributed by atoms with E-state index < -0.39 is 0 Å². The zero-order valence-electron chi connectivity index (χ0n) is 14.2. The molecule has 3 aliphatic carbocycles. The summed E-state index contributed by atoms with van der Waals surface area (Å²) in [6, 6.07) is 11.8. The Bertz CT molecular complexity index is 831. The molecule has 0 N–H and O–H groups in total. The van der Waals surface area contributed by atoms with Crippen LogP contribution in [0.15, 0.2) is 42.5 Å². The van der Waals surface area contributed by atoms with Crippen molar-refractivity contribution in [1.82, 2.24) is 0 Å². The van der Waals surface area contributed by atoms with Crippen molar-refractivity contribution in [3.05, 3.63) is 70.3 Å². The van der Waals surface area contributed by atoms with Crippen LogP contribution in [0.3, 0.4) is 0 Å². The zero-order chi connectivity index (χ0) is 15.6. The molecule has 5 rings (SSSR count). The molecule has 3 aliphatic rings. The Morgan fingerprint density at radius 2 is 1.70 bits per heavy atom. The third kappa shape index (κ3) is 1.73. The molecule has 2 aromatic carbocycles. The summed E-state index contributed by atoms with van der Waals surface area (Å²) in [6.45, 7) is 4.54. The molecule has 0 saturated heterocycles. The average molecular weight is 300 g/mol. The van der Waals surface area contributed by atoms with Crippen LogP contribution < -0.4 is 0 Å². The summed E-state index contributed by atoms with van der Waals surface area (Å²) in [5, 5.41) is 0. The first-order chi connectivity index (χ1) is 11.2. The monoisotopic (exact) mass is 300 g/mol. The summed E-state index contributed by atoms with van der Waals surface area (Å²) in [4.78, 5) is 0. The Kier molecular flexibility index (Phi) is 2.72. The van der Waals surface area contributed by atoms with Gasteiger partial charge in [0.1, 0.15) is 0 Å². The van der Waals surface area contributed by atoms with Crippen LogP contribution in [0.2, 0.25) is 0 Å². The van der Waals surface area contributed by atoms with Crippen molar-refractivity contribution in [2.75, 3.05) is 0 Å². The van der Waals surface area contributed by atoms with Gasteiger partial charge in [-0.05, 0) is 60.1 Å². The third-order valence-electron chi connectivity index (χ3n) is 6.45. The first kappa shape index (κ1) is 13.6. The number of aryl methyl sites for hydroxylation is 2. The van der Waals surface area contributed by atoms with Crippen LogP contribution >= 0.6 is 0 Å². The fourth-order valence-electron chi connectivity index (χ4n) is 5.45. The minimum atomic E-state index is 0.321. The van der Waals surface area contributed by atoms with Gasteiger partial charge < -0.3 is 0 Å². The van der Waals surface area contributed by atoms with Gasteiger partial charge in [0.05, 0.1) is 0 Å². The third-order valence-corrected chi connectivity index (χ3v) is 6.45. The summed E-state index contributed by atoms with van der Waals surface area (Å²) in [5.41, 5.74) is 11.0. The highest BCUT2D eigenvalue weighted by Gasteiger charge is 2.42. The van der Waals surface area contributed by atoms with Gasteiger partial charge in [-0.2, -0.15) is 0 Å². The van der Waals surface area contributed by atoms with Gasteiger partial charge in [-0.25, -0.2) is 0 Å². The molecule has 0 nitrogen and oxygen atoms in total. The Morgan fingerprint density at radius 3 is 2.52 bits per heavy atom. The van der Waals surface area contributed by atoms with Crippen molar-refractivity contribution in [3.63, 3.8) is 0 Å². The molecule has 116 valence electrons. The standard InChI is InChI=1S/C23H24/c1-15-6-8-17-18-9-7-16(2)22-21(18)19(20(17)14-15)10-13-23(22)11-4-3-5-12-23/h6-10,13-14,19H,3-5,11-12H2,1-2H3. The minimum absolute atomic E-state index is 0.321. The van der Waals surface area contributed by atoms with Gasteiger partial charge in [0, 0.05) is 11.3 Å². The van der Waals surface area contributed by atoms with E-state index in [1.807, 2.05) is 0 Å². The van der Waals surface area contributed by atoms with Crippen LogP contribution in [0, 0.1) is 13.8 Å². The summed E-state index contributed by atoms with van der Waals surface area (Å²) in [5.74, 6) is 0.488. The van der Waals surface area contributed by atoms with Gasteiger partial charge >= 0.3 is 0 Å². The van der Waals surface area contributed by atoms with Gasteiger partial charge in [0.25, 0.3) is 0 Å². The highest BCUT2D eigenvalue weighted by molar-refractivity contribution is 5.83. The van der Waals surface area contributed by atoms with Crippen molar-refractivity contribution in [2.45, 2.75) is 57.3 Å². The molecule has 0 heteroatoms. The normalized spacial score (nSPS) is 23.0. The van der Waals surface area contributed by atoms with E-state index in [-0.39, 0.29) is 0 Å². The van der Waals surface area contributed by atoms with Gasteiger partial charge in [-0.15, -0.1) is 0 Å². The molecule has 23 heavy (non-hydrogen) atoms. The van der Waals surface area contributed by atoms with E-state index in [1.165, 1.54) is 59.9 Å². The summed E-state index contributed by atoms with van der Waals surface area (Å²) in [7, 11) is 0. The molecule has 0 radical (unpaired) electrons. The maximum Gasteiger partial charge on any atom is 0.0285 e. The van der Waals surface area contributed by atoms with Crippen molar-refractivity contribution in [3.8, 4) is 11.1 Å². The molecule has 0 bridgehead atoms. The highest BCUT2D eigenvalue weighted by Crippen LogP contribution is 2.56. The molecule has 1 fully saturated rings. The van der Waals surface area contributed by atoms with E-state index in [0.717, 1.165) is 0 Å². The van der Waals surface area contributed by atoms with Gasteiger partial charge in [0.15, 0.2) is 0 Å². The lowest BCUT2D eigenvalue weighted by Gasteiger charge is -2.41. The summed E-state index contributed by atoms with van der Waals surface area (Å²) >= 11 is 0. The maximum absolute atomic E-state index is 2.59. The highest BCUT2D eigenvalue weighted by atomic mass is 14.5. The number of benzene rings is 2. The van der Waals surface area contributed by atoms with E-state index in [4.69, 9.17) is 0 Å². The van der Waals surface area contributed by atoms with E-state index in [1.54, 1.807) is 11.1 Å². The Hall–Kier alpha value is -1.82. The molecule has 0 amide bonds. The zero-order valence-corrected chi connectivity index (χ0v) is 14.2. The average Bonchev–Trinajstić information content (AvgIpc) is 2.87. The van der Waals surface area contributed by atoms with Crippen LogP contribution in [-0.4, -0.2) is 0 Å². The largest absolute Gasteiger partial charge is 0.0770 e. The van der Waals surface area contributed by atoms with Crippen LogP contribution in [0.5, 0.6) is 0 Å². The fraction of sp³-hybridized carbons (Fsp3) is 0.391. The maximum atomic E-state index is 2.59. The quantitative estimate of drug-likeness (QED) is 0.509. The van der Waals surface area contributed by atoms with Crippen LogP contribution in [-0.2, 0) is 5.41 Å². The molecule has 0 aliphatic heterocycles. The fourth-order valence-corrected chi connectivity index (χ4v) is 5.45. The summed E-state index contributed by atoms with van der Waals surface area (Å²) in [6.07, 6.45) is 12.0. The molecule has 1 atom stereocenters. The molecular formula is C23H24. The second-order valence-corrected chi connectivity index (χ2v) is 7.86. The lowest BCUT2D eigenvalue weighted by atomic mass is 9.62. The first-order valence-electron chi connectivity index (χ1n) is 9.14. The lowest BCUT2D eigenvalue weighted by Crippen LogP contribution is -2.31. The molecule has 0 heterocycles. The van der Waals surface area contributed by atoms with Crippen molar-refractivity contribution in [2.24, 2.45) is 0 Å². The van der Waals surface area contributed by atoms with Crippen LogP contribution in [0.4, 0.5) is 0 Å². The van der Waals surface area contributed by atoms with Crippen molar-refractivity contribution in [1.29, 1.82) is 0 Å². The topological polar surface area (TPSA) is 0 Å². The number of rotatable bonds is 0. The molecule has 1 unspecified atom stereocenters. The number of hydrogen-bond acceptors (Lipinski definition) is 0. The molecule has 0 aromatic heterocycles. The predicted molar refractivity (Wildman–Crippen MR) is 97.1 cm³/mol. The Balaban J connectivity index is 1.81. The van der Waals surface area contributed by atoms with E-state index in [9.17, 15) is 0 Å². The number of hydrogen-bond donors (Lipinski definition) is 0. The molecular weight excluding hydrogens is 276 g/mol. The second kappa shape index (κ2) is 4.60. The number of fused-ring (bicyclic) bond motifs is 4. The van der Waals surface area contributed by atoms with Gasteiger partial charge in [-0.1, -0.05) is 67.3 Å². The minimum Gasteiger partial charge on any atom is -0.0770 e. The lowest BCUT2D eigenvalue weighted by molar-refractivity contribution is 0.349. The van der Waals surface area contributed by atoms with Crippen molar-refractivity contribution < 1.29 is 0 Å². The smallest absolute Gasteiger partial charge is 0.0285 e. The van der Waals surface area contributed by atoms with Gasteiger partial charge in [-0.3, -0.25) is 0 Å². The van der Waals surface area contributed by atoms with Crippen LogP contribution in [0.25, 0.3) is 11.1 Å². The summed E-state index contributed by atoms with van der Waals surface area (Å²) < 4.78 is 0. The second-order valence-electron chi connectivity index (χ2n) is 7.86. The number of allylic oxidation sites excluding steroid dienone is 2. The molecule has 2 aromatic rings. The van der Waals surface area contributed by atoms with E-state index in [2.05, 4.69) is 56.3 Å². The van der Waals surface area contributed by atoms with E-state index in [0.29, 0.717) is 11.3 Å².